The Morgan fingerprint density at radius 1 is 0.405 bits per heavy atom. The molecule has 0 saturated carbocycles. The number of aromatic hydroxyl groups is 2. The fourth-order valence-electron chi connectivity index (χ4n) is 5.23. The molecule has 4 aromatic rings. The van der Waals surface area contributed by atoms with Gasteiger partial charge in [-0.3, -0.25) is 0 Å². The van der Waals surface area contributed by atoms with Crippen LogP contribution in [0.25, 0.3) is 11.1 Å². The van der Waals surface area contributed by atoms with E-state index in [1.807, 2.05) is 36.4 Å². The third-order valence-electron chi connectivity index (χ3n) is 7.29. The molecular formula is C34H38O8. The number of methoxy groups -OCH3 is 6. The van der Waals surface area contributed by atoms with Crippen molar-refractivity contribution in [3.63, 3.8) is 0 Å². The molecule has 8 nitrogen and oxygen atoms in total. The van der Waals surface area contributed by atoms with Crippen molar-refractivity contribution in [2.45, 2.75) is 25.7 Å². The average Bonchev–Trinajstić information content (AvgIpc) is 3.02. The van der Waals surface area contributed by atoms with Gasteiger partial charge in [0.15, 0.2) is 23.0 Å². The maximum Gasteiger partial charge on any atom is 0.204 e. The molecule has 0 atom stereocenters. The van der Waals surface area contributed by atoms with Gasteiger partial charge in [-0.05, 0) is 84.3 Å². The molecule has 0 aliphatic rings. The number of hydrogen-bond donors (Lipinski definition) is 2. The molecule has 4 rings (SSSR count). The van der Waals surface area contributed by atoms with Crippen LogP contribution in [0.2, 0.25) is 0 Å². The summed E-state index contributed by atoms with van der Waals surface area (Å²) in [5.74, 6) is 3.57. The van der Waals surface area contributed by atoms with Crippen LogP contribution in [0.3, 0.4) is 0 Å². The molecule has 42 heavy (non-hydrogen) atoms. The molecule has 0 spiro atoms. The number of aryl methyl sites for hydroxylation is 4. The lowest BCUT2D eigenvalue weighted by molar-refractivity contribution is 0.320. The Balaban J connectivity index is 1.88. The maximum absolute atomic E-state index is 9.69. The highest BCUT2D eigenvalue weighted by molar-refractivity contribution is 5.85. The van der Waals surface area contributed by atoms with Gasteiger partial charge in [-0.15, -0.1) is 0 Å². The maximum atomic E-state index is 9.69. The Morgan fingerprint density at radius 3 is 1.00 bits per heavy atom. The van der Waals surface area contributed by atoms with Gasteiger partial charge < -0.3 is 38.6 Å². The van der Waals surface area contributed by atoms with Crippen molar-refractivity contribution in [1.82, 2.24) is 0 Å². The molecule has 0 radical (unpaired) electrons. The van der Waals surface area contributed by atoms with Gasteiger partial charge in [0.25, 0.3) is 0 Å². The minimum atomic E-state index is 0.228. The van der Waals surface area contributed by atoms with Gasteiger partial charge in [-0.1, -0.05) is 24.3 Å². The van der Waals surface area contributed by atoms with Crippen LogP contribution in [-0.4, -0.2) is 52.9 Å². The van der Waals surface area contributed by atoms with Gasteiger partial charge >= 0.3 is 0 Å². The van der Waals surface area contributed by atoms with Gasteiger partial charge in [0, 0.05) is 11.1 Å². The van der Waals surface area contributed by atoms with Crippen molar-refractivity contribution >= 4 is 0 Å². The van der Waals surface area contributed by atoms with Crippen LogP contribution in [0.5, 0.6) is 46.0 Å². The molecule has 0 aliphatic heterocycles. The monoisotopic (exact) mass is 574 g/mol. The van der Waals surface area contributed by atoms with Gasteiger partial charge in [-0.2, -0.15) is 0 Å². The standard InChI is InChI=1S/C34H38O8/c1-37-29-23(13-7-21-9-15-25(35)16-10-21)19-27(31(39-3)33(29)41-5)28-20-24(14-8-22-11-17-26(36)18-12-22)30(38-2)34(42-6)32(28)40-4/h9-12,15-20,35-36H,7-8,13-14H2,1-6H3. The minimum absolute atomic E-state index is 0.228. The lowest BCUT2D eigenvalue weighted by atomic mass is 9.93. The molecule has 0 heterocycles. The highest BCUT2D eigenvalue weighted by Crippen LogP contribution is 2.53. The molecule has 8 heteroatoms. The molecule has 0 saturated heterocycles. The lowest BCUT2D eigenvalue weighted by Crippen LogP contribution is -2.05. The molecule has 4 aromatic carbocycles. The van der Waals surface area contributed by atoms with Crippen molar-refractivity contribution in [2.24, 2.45) is 0 Å². The summed E-state index contributed by atoms with van der Waals surface area (Å²) < 4.78 is 35.2. The predicted molar refractivity (Wildman–Crippen MR) is 162 cm³/mol. The lowest BCUT2D eigenvalue weighted by Gasteiger charge is -2.23. The molecule has 0 aliphatic carbocycles. The van der Waals surface area contributed by atoms with Gasteiger partial charge in [0.2, 0.25) is 11.5 Å². The predicted octanol–water partition coefficient (Wildman–Crippen LogP) is 6.39. The van der Waals surface area contributed by atoms with E-state index < -0.39 is 0 Å². The van der Waals surface area contributed by atoms with Crippen LogP contribution in [-0.2, 0) is 25.7 Å². The number of phenolic OH excluding ortho intramolecular Hbond substituents is 2. The first-order valence-corrected chi connectivity index (χ1v) is 13.6. The Morgan fingerprint density at radius 2 is 0.714 bits per heavy atom. The SMILES string of the molecule is COc1c(CCc2ccc(O)cc2)cc(-c2cc(CCc3ccc(O)cc3)c(OC)c(OC)c2OC)c(OC)c1OC. The van der Waals surface area contributed by atoms with E-state index in [4.69, 9.17) is 28.4 Å². The molecule has 0 unspecified atom stereocenters. The van der Waals surface area contributed by atoms with Gasteiger partial charge in [0.1, 0.15) is 11.5 Å². The highest BCUT2D eigenvalue weighted by Gasteiger charge is 2.28. The summed E-state index contributed by atoms with van der Waals surface area (Å²) >= 11 is 0. The fourth-order valence-corrected chi connectivity index (χ4v) is 5.23. The van der Waals surface area contributed by atoms with E-state index in [0.29, 0.717) is 60.2 Å². The Labute approximate surface area is 247 Å². The van der Waals surface area contributed by atoms with Crippen molar-refractivity contribution in [3.8, 4) is 57.1 Å². The van der Waals surface area contributed by atoms with Crippen molar-refractivity contribution in [2.75, 3.05) is 42.7 Å². The summed E-state index contributed by atoms with van der Waals surface area (Å²) in [4.78, 5) is 0. The zero-order valence-electron chi connectivity index (χ0n) is 24.9. The highest BCUT2D eigenvalue weighted by atomic mass is 16.5. The summed E-state index contributed by atoms with van der Waals surface area (Å²) in [6, 6.07) is 18.4. The topological polar surface area (TPSA) is 95.8 Å². The molecule has 0 fully saturated rings. The van der Waals surface area contributed by atoms with Crippen molar-refractivity contribution < 1.29 is 38.6 Å². The zero-order chi connectivity index (χ0) is 30.2. The Bertz CT molecular complexity index is 1380. The van der Waals surface area contributed by atoms with E-state index >= 15 is 0 Å². The summed E-state index contributed by atoms with van der Waals surface area (Å²) in [6.07, 6.45) is 2.72. The number of rotatable bonds is 13. The second kappa shape index (κ2) is 13.8. The molecule has 0 amide bonds. The van der Waals surface area contributed by atoms with Crippen LogP contribution < -0.4 is 28.4 Å². The number of hydrogen-bond acceptors (Lipinski definition) is 8. The van der Waals surface area contributed by atoms with Crippen LogP contribution in [0.4, 0.5) is 0 Å². The smallest absolute Gasteiger partial charge is 0.204 e. The molecule has 2 N–H and O–H groups in total. The van der Waals surface area contributed by atoms with Crippen molar-refractivity contribution in [3.05, 3.63) is 82.9 Å². The van der Waals surface area contributed by atoms with E-state index in [1.165, 1.54) is 0 Å². The van der Waals surface area contributed by atoms with Gasteiger partial charge in [0.05, 0.1) is 42.7 Å². The fraction of sp³-hybridized carbons (Fsp3) is 0.294. The number of ether oxygens (including phenoxy) is 6. The Kier molecular flexibility index (Phi) is 9.91. The molecule has 0 aromatic heterocycles. The normalized spacial score (nSPS) is 10.7. The zero-order valence-corrected chi connectivity index (χ0v) is 24.9. The van der Waals surface area contributed by atoms with E-state index in [1.54, 1.807) is 66.9 Å². The third kappa shape index (κ3) is 6.28. The third-order valence-corrected chi connectivity index (χ3v) is 7.29. The summed E-state index contributed by atoms with van der Waals surface area (Å²) in [5, 5.41) is 19.4. The minimum Gasteiger partial charge on any atom is -0.508 e. The number of phenols is 2. The van der Waals surface area contributed by atoms with Gasteiger partial charge in [-0.25, -0.2) is 0 Å². The summed E-state index contributed by atoms with van der Waals surface area (Å²) in [6.45, 7) is 0. The second-order valence-electron chi connectivity index (χ2n) is 9.70. The van der Waals surface area contributed by atoms with Crippen LogP contribution >= 0.6 is 0 Å². The van der Waals surface area contributed by atoms with Crippen LogP contribution in [0, 0.1) is 0 Å². The molecular weight excluding hydrogens is 536 g/mol. The van der Waals surface area contributed by atoms with E-state index in [-0.39, 0.29) is 11.5 Å². The van der Waals surface area contributed by atoms with E-state index in [9.17, 15) is 10.2 Å². The Hall–Kier alpha value is -4.72. The molecule has 222 valence electrons. The van der Waals surface area contributed by atoms with E-state index in [2.05, 4.69) is 0 Å². The first kappa shape index (κ1) is 30.2. The largest absolute Gasteiger partial charge is 0.508 e. The number of benzene rings is 4. The first-order chi connectivity index (χ1) is 20.4. The summed E-state index contributed by atoms with van der Waals surface area (Å²) in [5.41, 5.74) is 5.48. The quantitative estimate of drug-likeness (QED) is 0.190. The average molecular weight is 575 g/mol. The first-order valence-electron chi connectivity index (χ1n) is 13.6. The summed E-state index contributed by atoms with van der Waals surface area (Å²) in [7, 11) is 9.58. The van der Waals surface area contributed by atoms with E-state index in [0.717, 1.165) is 33.4 Å². The second-order valence-corrected chi connectivity index (χ2v) is 9.70. The molecule has 0 bridgehead atoms. The van der Waals surface area contributed by atoms with Crippen molar-refractivity contribution in [1.29, 1.82) is 0 Å². The van der Waals surface area contributed by atoms with Crippen LogP contribution in [0.15, 0.2) is 60.7 Å². The van der Waals surface area contributed by atoms with Crippen LogP contribution in [0.1, 0.15) is 22.3 Å².